The fourth-order valence-electron chi connectivity index (χ4n) is 1.69. The molecular formula is C11H13N3O3. The van der Waals surface area contributed by atoms with Crippen LogP contribution in [-0.2, 0) is 6.54 Å². The molecule has 0 spiro atoms. The van der Waals surface area contributed by atoms with Crippen molar-refractivity contribution in [1.29, 1.82) is 0 Å². The highest BCUT2D eigenvalue weighted by Gasteiger charge is 2.08. The molecule has 0 aromatic carbocycles. The summed E-state index contributed by atoms with van der Waals surface area (Å²) in [7, 11) is 1.52. The van der Waals surface area contributed by atoms with Crippen molar-refractivity contribution in [3.05, 3.63) is 28.8 Å². The van der Waals surface area contributed by atoms with Crippen LogP contribution >= 0.6 is 0 Å². The molecule has 90 valence electrons. The van der Waals surface area contributed by atoms with E-state index in [2.05, 4.69) is 9.97 Å². The molecule has 0 atom stereocenters. The first-order valence-corrected chi connectivity index (χ1v) is 5.27. The fourth-order valence-corrected chi connectivity index (χ4v) is 1.69. The molecule has 0 radical (unpaired) electrons. The van der Waals surface area contributed by atoms with Gasteiger partial charge in [0, 0.05) is 19.2 Å². The molecule has 2 aromatic heterocycles. The average molecular weight is 235 g/mol. The van der Waals surface area contributed by atoms with Gasteiger partial charge in [0.2, 0.25) is 5.88 Å². The molecular weight excluding hydrogens is 222 g/mol. The minimum Gasteiger partial charge on any atom is -0.480 e. The number of ether oxygens (including phenoxy) is 1. The van der Waals surface area contributed by atoms with Gasteiger partial charge in [-0.2, -0.15) is 0 Å². The van der Waals surface area contributed by atoms with E-state index in [9.17, 15) is 4.79 Å². The molecule has 6 nitrogen and oxygen atoms in total. The first-order chi connectivity index (χ1) is 8.27. The lowest BCUT2D eigenvalue weighted by molar-refractivity contribution is 0.280. The van der Waals surface area contributed by atoms with E-state index in [1.165, 1.54) is 24.1 Å². The second-order valence-corrected chi connectivity index (χ2v) is 3.52. The Morgan fingerprint density at radius 2 is 2.24 bits per heavy atom. The summed E-state index contributed by atoms with van der Waals surface area (Å²) in [4.78, 5) is 19.8. The summed E-state index contributed by atoms with van der Waals surface area (Å²) in [6, 6.07) is 3.09. The summed E-state index contributed by atoms with van der Waals surface area (Å²) < 4.78 is 6.62. The van der Waals surface area contributed by atoms with Gasteiger partial charge in [0.1, 0.15) is 12.0 Å². The number of hydrogen-bond donors (Lipinski definition) is 1. The van der Waals surface area contributed by atoms with E-state index >= 15 is 0 Å². The zero-order chi connectivity index (χ0) is 12.3. The van der Waals surface area contributed by atoms with Gasteiger partial charge in [-0.3, -0.25) is 9.36 Å². The molecule has 0 aliphatic heterocycles. The number of pyridine rings is 1. The van der Waals surface area contributed by atoms with Crippen LogP contribution in [-0.4, -0.2) is 33.4 Å². The predicted molar refractivity (Wildman–Crippen MR) is 62.1 cm³/mol. The van der Waals surface area contributed by atoms with E-state index in [1.807, 2.05) is 0 Å². The van der Waals surface area contributed by atoms with Crippen LogP contribution in [0.5, 0.6) is 5.88 Å². The minimum absolute atomic E-state index is 0.0328. The van der Waals surface area contributed by atoms with Gasteiger partial charge >= 0.3 is 0 Å². The Hall–Kier alpha value is -1.95. The van der Waals surface area contributed by atoms with Crippen molar-refractivity contribution in [2.45, 2.75) is 13.0 Å². The van der Waals surface area contributed by atoms with Crippen LogP contribution in [0.4, 0.5) is 0 Å². The van der Waals surface area contributed by atoms with Crippen molar-refractivity contribution in [2.75, 3.05) is 13.7 Å². The van der Waals surface area contributed by atoms with Crippen LogP contribution in [0.1, 0.15) is 6.42 Å². The zero-order valence-corrected chi connectivity index (χ0v) is 9.46. The van der Waals surface area contributed by atoms with Crippen LogP contribution in [0.25, 0.3) is 11.0 Å². The zero-order valence-electron chi connectivity index (χ0n) is 9.46. The number of aryl methyl sites for hydroxylation is 1. The van der Waals surface area contributed by atoms with Gasteiger partial charge < -0.3 is 9.84 Å². The summed E-state index contributed by atoms with van der Waals surface area (Å²) in [5.74, 6) is 0.438. The maximum Gasteiger partial charge on any atom is 0.252 e. The SMILES string of the molecule is COc1ncnc2c1ccc(=O)n2CCCO. The summed E-state index contributed by atoms with van der Waals surface area (Å²) in [5, 5.41) is 9.51. The fraction of sp³-hybridized carbons (Fsp3) is 0.364. The molecule has 0 saturated heterocycles. The van der Waals surface area contributed by atoms with Crippen molar-refractivity contribution in [3.63, 3.8) is 0 Å². The Bertz CT molecular complexity index is 580. The third-order valence-electron chi connectivity index (χ3n) is 2.47. The van der Waals surface area contributed by atoms with Crippen molar-refractivity contribution >= 4 is 11.0 Å². The summed E-state index contributed by atoms with van der Waals surface area (Å²) in [6.07, 6.45) is 1.86. The summed E-state index contributed by atoms with van der Waals surface area (Å²) in [6.45, 7) is 0.456. The van der Waals surface area contributed by atoms with Gasteiger partial charge in [-0.25, -0.2) is 9.97 Å². The number of nitrogens with zero attached hydrogens (tertiary/aromatic N) is 3. The largest absolute Gasteiger partial charge is 0.480 e. The molecule has 0 bridgehead atoms. The lowest BCUT2D eigenvalue weighted by Gasteiger charge is -2.09. The van der Waals surface area contributed by atoms with Crippen molar-refractivity contribution in [2.24, 2.45) is 0 Å². The van der Waals surface area contributed by atoms with E-state index in [4.69, 9.17) is 9.84 Å². The molecule has 0 unspecified atom stereocenters. The van der Waals surface area contributed by atoms with Gasteiger partial charge in [-0.05, 0) is 12.5 Å². The van der Waals surface area contributed by atoms with Crippen LogP contribution in [0.2, 0.25) is 0 Å². The number of aromatic nitrogens is 3. The number of hydrogen-bond acceptors (Lipinski definition) is 5. The molecule has 6 heteroatoms. The van der Waals surface area contributed by atoms with Crippen LogP contribution < -0.4 is 10.3 Å². The smallest absolute Gasteiger partial charge is 0.252 e. The third-order valence-corrected chi connectivity index (χ3v) is 2.47. The predicted octanol–water partition coefficient (Wildman–Crippen LogP) is 0.182. The quantitative estimate of drug-likeness (QED) is 0.818. The first kappa shape index (κ1) is 11.5. The van der Waals surface area contributed by atoms with Gasteiger partial charge in [-0.1, -0.05) is 0 Å². The number of fused-ring (bicyclic) bond motifs is 1. The molecule has 0 saturated carbocycles. The Kier molecular flexibility index (Phi) is 3.34. The Morgan fingerprint density at radius 1 is 1.41 bits per heavy atom. The Balaban J connectivity index is 2.64. The average Bonchev–Trinajstić information content (AvgIpc) is 2.36. The van der Waals surface area contributed by atoms with Crippen LogP contribution in [0.15, 0.2) is 23.3 Å². The van der Waals surface area contributed by atoms with Crippen molar-refractivity contribution < 1.29 is 9.84 Å². The molecule has 1 N–H and O–H groups in total. The number of aliphatic hydroxyl groups excluding tert-OH is 1. The Morgan fingerprint density at radius 3 is 2.94 bits per heavy atom. The molecule has 2 heterocycles. The van der Waals surface area contributed by atoms with E-state index in [0.717, 1.165) is 0 Å². The molecule has 0 aliphatic rings. The number of methoxy groups -OCH3 is 1. The normalized spacial score (nSPS) is 10.7. The molecule has 0 amide bonds. The second kappa shape index (κ2) is 4.92. The summed E-state index contributed by atoms with van der Waals surface area (Å²) >= 11 is 0. The standard InChI is InChI=1S/C11H13N3O3/c1-17-11-8-3-4-9(16)14(5-2-6-15)10(8)12-7-13-11/h3-4,7,15H,2,5-6H2,1H3. The van der Waals surface area contributed by atoms with Crippen LogP contribution in [0.3, 0.4) is 0 Å². The molecule has 0 fully saturated rings. The number of aliphatic hydroxyl groups is 1. The molecule has 17 heavy (non-hydrogen) atoms. The molecule has 0 aliphatic carbocycles. The highest BCUT2D eigenvalue weighted by atomic mass is 16.5. The minimum atomic E-state index is -0.147. The first-order valence-electron chi connectivity index (χ1n) is 5.27. The van der Waals surface area contributed by atoms with E-state index in [-0.39, 0.29) is 12.2 Å². The maximum absolute atomic E-state index is 11.7. The monoisotopic (exact) mass is 235 g/mol. The molecule has 2 aromatic rings. The highest BCUT2D eigenvalue weighted by Crippen LogP contribution is 2.18. The topological polar surface area (TPSA) is 77.2 Å². The van der Waals surface area contributed by atoms with E-state index < -0.39 is 0 Å². The third kappa shape index (κ3) is 2.12. The van der Waals surface area contributed by atoms with Gasteiger partial charge in [0.15, 0.2) is 0 Å². The van der Waals surface area contributed by atoms with Crippen molar-refractivity contribution in [1.82, 2.24) is 14.5 Å². The maximum atomic E-state index is 11.7. The van der Waals surface area contributed by atoms with Crippen LogP contribution in [0, 0.1) is 0 Å². The summed E-state index contributed by atoms with van der Waals surface area (Å²) in [5.41, 5.74) is 0.379. The number of rotatable bonds is 4. The molecule has 2 rings (SSSR count). The van der Waals surface area contributed by atoms with E-state index in [0.29, 0.717) is 29.9 Å². The second-order valence-electron chi connectivity index (χ2n) is 3.52. The van der Waals surface area contributed by atoms with E-state index in [1.54, 1.807) is 6.07 Å². The van der Waals surface area contributed by atoms with Gasteiger partial charge in [0.05, 0.1) is 12.5 Å². The van der Waals surface area contributed by atoms with Crippen molar-refractivity contribution in [3.8, 4) is 5.88 Å². The Labute approximate surface area is 97.5 Å². The lowest BCUT2D eigenvalue weighted by Crippen LogP contribution is -2.21. The lowest BCUT2D eigenvalue weighted by atomic mass is 10.3. The van der Waals surface area contributed by atoms with Gasteiger partial charge in [-0.15, -0.1) is 0 Å². The van der Waals surface area contributed by atoms with Gasteiger partial charge in [0.25, 0.3) is 5.56 Å². The highest BCUT2D eigenvalue weighted by molar-refractivity contribution is 5.80.